The van der Waals surface area contributed by atoms with Crippen LogP contribution in [0.3, 0.4) is 0 Å². The molecule has 0 radical (unpaired) electrons. The lowest BCUT2D eigenvalue weighted by Crippen LogP contribution is -2.16. The number of fused-ring (bicyclic) bond motifs is 1. The molecule has 0 amide bonds. The smallest absolute Gasteiger partial charge is 0.406 e. The average Bonchev–Trinajstić information content (AvgIpc) is 3.16. The van der Waals surface area contributed by atoms with Crippen molar-refractivity contribution >= 4 is 33.4 Å². The van der Waals surface area contributed by atoms with Gasteiger partial charge in [-0.1, -0.05) is 43.0 Å². The lowest BCUT2D eigenvalue weighted by Gasteiger charge is -2.10. The van der Waals surface area contributed by atoms with E-state index in [0.29, 0.717) is 5.82 Å². The van der Waals surface area contributed by atoms with Gasteiger partial charge in [0.05, 0.1) is 5.39 Å². The van der Waals surface area contributed by atoms with E-state index in [9.17, 15) is 13.2 Å². The van der Waals surface area contributed by atoms with Gasteiger partial charge in [-0.3, -0.25) is 0 Å². The third-order valence-corrected chi connectivity index (χ3v) is 5.97. The molecule has 4 rings (SSSR count). The van der Waals surface area contributed by atoms with Crippen molar-refractivity contribution in [2.24, 2.45) is 0 Å². The molecule has 0 saturated heterocycles. The first-order valence-corrected chi connectivity index (χ1v) is 11.2. The number of rotatable bonds is 8. The third-order valence-electron chi connectivity index (χ3n) is 5.03. The number of hydrogen-bond acceptors (Lipinski definition) is 5. The summed E-state index contributed by atoms with van der Waals surface area (Å²) in [6.07, 6.45) is -1.23. The number of alkyl halides is 3. The maximum absolute atomic E-state index is 12.3. The second-order valence-electron chi connectivity index (χ2n) is 7.51. The summed E-state index contributed by atoms with van der Waals surface area (Å²) in [7, 11) is 0. The molecule has 0 saturated carbocycles. The number of benzene rings is 2. The maximum Gasteiger partial charge on any atom is 0.573 e. The molecule has 2 aromatic carbocycles. The standard InChI is InChI=1S/C25H22F3N3OS/c1-3-22-30-23(21-15-16(2)33-24(21)31-22)29-14-4-5-17-6-8-18(9-7-17)19-10-12-20(13-11-19)32-25(26,27)28/h3,6-13,15H,1,4-5,14H2,2H3,(H,29,30,31). The Morgan fingerprint density at radius 2 is 1.70 bits per heavy atom. The average molecular weight is 470 g/mol. The van der Waals surface area contributed by atoms with Crippen LogP contribution < -0.4 is 10.1 Å². The minimum absolute atomic E-state index is 0.228. The largest absolute Gasteiger partial charge is 0.573 e. The molecule has 0 aliphatic carbocycles. The van der Waals surface area contributed by atoms with Crippen molar-refractivity contribution in [2.45, 2.75) is 26.1 Å². The fraction of sp³-hybridized carbons (Fsp3) is 0.200. The summed E-state index contributed by atoms with van der Waals surface area (Å²) in [6, 6.07) is 16.0. The van der Waals surface area contributed by atoms with E-state index in [0.717, 1.165) is 46.5 Å². The highest BCUT2D eigenvalue weighted by Gasteiger charge is 2.30. The molecule has 2 heterocycles. The van der Waals surface area contributed by atoms with Crippen LogP contribution >= 0.6 is 11.3 Å². The van der Waals surface area contributed by atoms with Crippen molar-refractivity contribution in [3.05, 3.63) is 77.4 Å². The van der Waals surface area contributed by atoms with E-state index >= 15 is 0 Å². The molecule has 0 fully saturated rings. The predicted molar refractivity (Wildman–Crippen MR) is 128 cm³/mol. The number of thiophene rings is 1. The number of nitrogens with zero attached hydrogens (tertiary/aromatic N) is 2. The van der Waals surface area contributed by atoms with E-state index in [1.54, 1.807) is 29.5 Å². The van der Waals surface area contributed by atoms with E-state index in [1.165, 1.54) is 22.6 Å². The van der Waals surface area contributed by atoms with Gasteiger partial charge in [-0.15, -0.1) is 24.5 Å². The Bertz CT molecular complexity index is 1250. The van der Waals surface area contributed by atoms with Crippen LogP contribution in [0.5, 0.6) is 5.75 Å². The third kappa shape index (κ3) is 5.90. The first-order valence-electron chi connectivity index (χ1n) is 10.4. The number of aryl methyl sites for hydroxylation is 2. The molecule has 0 unspecified atom stereocenters. The number of halogens is 3. The van der Waals surface area contributed by atoms with Gasteiger partial charge in [-0.25, -0.2) is 9.97 Å². The maximum atomic E-state index is 12.3. The van der Waals surface area contributed by atoms with Gasteiger partial charge in [0.2, 0.25) is 0 Å². The van der Waals surface area contributed by atoms with Gasteiger partial charge in [0.15, 0.2) is 5.82 Å². The zero-order valence-electron chi connectivity index (χ0n) is 17.9. The quantitative estimate of drug-likeness (QED) is 0.276. The summed E-state index contributed by atoms with van der Waals surface area (Å²) in [5, 5.41) is 4.45. The van der Waals surface area contributed by atoms with Crippen molar-refractivity contribution in [1.82, 2.24) is 9.97 Å². The van der Waals surface area contributed by atoms with Crippen LogP contribution in [0.1, 0.15) is 22.7 Å². The molecule has 33 heavy (non-hydrogen) atoms. The van der Waals surface area contributed by atoms with Crippen molar-refractivity contribution in [3.8, 4) is 16.9 Å². The topological polar surface area (TPSA) is 47.0 Å². The molecule has 4 aromatic rings. The lowest BCUT2D eigenvalue weighted by molar-refractivity contribution is -0.274. The molecular formula is C25H22F3N3OS. The molecule has 0 aliphatic heterocycles. The molecule has 0 spiro atoms. The lowest BCUT2D eigenvalue weighted by atomic mass is 10.0. The SMILES string of the molecule is C=Cc1nc(NCCCc2ccc(-c3ccc(OC(F)(F)F)cc3)cc2)c2cc(C)sc2n1. The highest BCUT2D eigenvalue weighted by molar-refractivity contribution is 7.18. The second kappa shape index (κ2) is 9.62. The van der Waals surface area contributed by atoms with Crippen molar-refractivity contribution in [1.29, 1.82) is 0 Å². The van der Waals surface area contributed by atoms with E-state index < -0.39 is 6.36 Å². The number of aromatic nitrogens is 2. The van der Waals surface area contributed by atoms with Crippen molar-refractivity contribution in [3.63, 3.8) is 0 Å². The second-order valence-corrected chi connectivity index (χ2v) is 8.74. The number of anilines is 1. The highest BCUT2D eigenvalue weighted by Crippen LogP contribution is 2.29. The van der Waals surface area contributed by atoms with Gasteiger partial charge in [0.1, 0.15) is 16.4 Å². The number of ether oxygens (including phenoxy) is 1. The summed E-state index contributed by atoms with van der Waals surface area (Å²) in [5.74, 6) is 1.21. The summed E-state index contributed by atoms with van der Waals surface area (Å²) in [5.41, 5.74) is 2.95. The molecule has 8 heteroatoms. The molecule has 2 aromatic heterocycles. The zero-order chi connectivity index (χ0) is 23.4. The normalized spacial score (nSPS) is 11.5. The van der Waals surface area contributed by atoms with Gasteiger partial charge < -0.3 is 10.1 Å². The minimum Gasteiger partial charge on any atom is -0.406 e. The van der Waals surface area contributed by atoms with Crippen LogP contribution in [0.2, 0.25) is 0 Å². The highest BCUT2D eigenvalue weighted by atomic mass is 32.1. The van der Waals surface area contributed by atoms with E-state index in [2.05, 4.69) is 39.6 Å². The Morgan fingerprint density at radius 1 is 1.03 bits per heavy atom. The van der Waals surface area contributed by atoms with Gasteiger partial charge in [-0.2, -0.15) is 0 Å². The van der Waals surface area contributed by atoms with Crippen molar-refractivity contribution < 1.29 is 17.9 Å². The Labute approximate surface area is 193 Å². The van der Waals surface area contributed by atoms with Crippen molar-refractivity contribution in [2.75, 3.05) is 11.9 Å². The van der Waals surface area contributed by atoms with Crippen LogP contribution in [0.15, 0.2) is 61.2 Å². The molecule has 170 valence electrons. The molecule has 1 N–H and O–H groups in total. The van der Waals surface area contributed by atoms with Gasteiger partial charge in [-0.05, 0) is 60.7 Å². The summed E-state index contributed by atoms with van der Waals surface area (Å²) >= 11 is 1.64. The predicted octanol–water partition coefficient (Wildman–Crippen LogP) is 7.25. The van der Waals surface area contributed by atoms with E-state index in [4.69, 9.17) is 0 Å². The monoisotopic (exact) mass is 469 g/mol. The van der Waals surface area contributed by atoms with Crippen LogP contribution in [0.4, 0.5) is 19.0 Å². The fourth-order valence-corrected chi connectivity index (χ4v) is 4.38. The van der Waals surface area contributed by atoms with Crippen LogP contribution in [-0.2, 0) is 6.42 Å². The Kier molecular flexibility index (Phi) is 6.65. The molecule has 0 atom stereocenters. The summed E-state index contributed by atoms with van der Waals surface area (Å²) in [4.78, 5) is 11.2. The molecule has 4 nitrogen and oxygen atoms in total. The Balaban J connectivity index is 1.33. The fourth-order valence-electron chi connectivity index (χ4n) is 3.50. The first kappa shape index (κ1) is 22.8. The number of hydrogen-bond donors (Lipinski definition) is 1. The zero-order valence-corrected chi connectivity index (χ0v) is 18.8. The summed E-state index contributed by atoms with van der Waals surface area (Å²) in [6.45, 7) is 6.59. The Morgan fingerprint density at radius 3 is 2.33 bits per heavy atom. The van der Waals surface area contributed by atoms with E-state index in [-0.39, 0.29) is 5.75 Å². The van der Waals surface area contributed by atoms with Crippen LogP contribution in [0.25, 0.3) is 27.4 Å². The van der Waals surface area contributed by atoms with E-state index in [1.807, 2.05) is 24.3 Å². The van der Waals surface area contributed by atoms with Gasteiger partial charge in [0.25, 0.3) is 0 Å². The van der Waals surface area contributed by atoms with Gasteiger partial charge in [0, 0.05) is 11.4 Å². The minimum atomic E-state index is -4.69. The molecule has 0 aliphatic rings. The van der Waals surface area contributed by atoms with Crippen LogP contribution in [-0.4, -0.2) is 22.9 Å². The van der Waals surface area contributed by atoms with Gasteiger partial charge >= 0.3 is 6.36 Å². The molecule has 0 bridgehead atoms. The Hall–Kier alpha value is -3.39. The molecular weight excluding hydrogens is 447 g/mol. The van der Waals surface area contributed by atoms with Crippen LogP contribution in [0, 0.1) is 6.92 Å². The summed E-state index contributed by atoms with van der Waals surface area (Å²) < 4.78 is 40.8. The first-order chi connectivity index (χ1) is 15.8. The number of nitrogens with one attached hydrogen (secondary N) is 1.